The Hall–Kier alpha value is -3.07. The molecule has 164 valence electrons. The van der Waals surface area contributed by atoms with E-state index in [1.165, 1.54) is 40.5 Å². The summed E-state index contributed by atoms with van der Waals surface area (Å²) < 4.78 is 14.9. The smallest absolute Gasteiger partial charge is 0.301 e. The third-order valence-corrected chi connectivity index (χ3v) is 7.02. The van der Waals surface area contributed by atoms with Gasteiger partial charge in [-0.25, -0.2) is 9.37 Å². The second kappa shape index (κ2) is 8.37. The summed E-state index contributed by atoms with van der Waals surface area (Å²) in [6, 6.07) is 16.4. The maximum Gasteiger partial charge on any atom is 0.301 e. The number of aromatic nitrogens is 1. The summed E-state index contributed by atoms with van der Waals surface area (Å²) in [7, 11) is 0. The Morgan fingerprint density at radius 1 is 1.09 bits per heavy atom. The quantitative estimate of drug-likeness (QED) is 0.182. The van der Waals surface area contributed by atoms with Crippen molar-refractivity contribution in [1.82, 2.24) is 4.98 Å². The molecule has 1 fully saturated rings. The Morgan fingerprint density at radius 3 is 2.58 bits per heavy atom. The topological polar surface area (TPSA) is 70.5 Å². The minimum atomic E-state index is -0.927. The fraction of sp³-hybridized carbons (Fsp3) is 0.0417. The number of ketones is 1. The van der Waals surface area contributed by atoms with Gasteiger partial charge in [0.25, 0.3) is 5.78 Å². The van der Waals surface area contributed by atoms with E-state index < -0.39 is 23.5 Å². The molecule has 1 unspecified atom stereocenters. The van der Waals surface area contributed by atoms with Crippen molar-refractivity contribution >= 4 is 71.7 Å². The number of amides is 1. The van der Waals surface area contributed by atoms with E-state index in [1.807, 2.05) is 6.07 Å². The number of fused-ring (bicyclic) bond motifs is 1. The van der Waals surface area contributed by atoms with Crippen molar-refractivity contribution in [2.75, 3.05) is 4.90 Å². The number of hydrogen-bond acceptors (Lipinski definition) is 5. The van der Waals surface area contributed by atoms with Crippen molar-refractivity contribution in [3.05, 3.63) is 98.7 Å². The van der Waals surface area contributed by atoms with Crippen LogP contribution in [0, 0.1) is 5.82 Å². The molecule has 3 aromatic carbocycles. The van der Waals surface area contributed by atoms with E-state index >= 15 is 0 Å². The lowest BCUT2D eigenvalue weighted by Crippen LogP contribution is -2.29. The molecule has 1 aliphatic rings. The van der Waals surface area contributed by atoms with Crippen molar-refractivity contribution in [3.63, 3.8) is 0 Å². The molecule has 33 heavy (non-hydrogen) atoms. The van der Waals surface area contributed by atoms with Crippen LogP contribution < -0.4 is 4.90 Å². The zero-order valence-corrected chi connectivity index (χ0v) is 19.8. The Morgan fingerprint density at radius 2 is 1.85 bits per heavy atom. The largest absolute Gasteiger partial charge is 0.507 e. The number of hydrogen-bond donors (Lipinski definition) is 1. The number of anilines is 1. The van der Waals surface area contributed by atoms with E-state index in [4.69, 9.17) is 11.6 Å². The first-order chi connectivity index (χ1) is 15.8. The number of benzene rings is 3. The average molecular weight is 544 g/mol. The van der Waals surface area contributed by atoms with E-state index in [0.29, 0.717) is 21.2 Å². The summed E-state index contributed by atoms with van der Waals surface area (Å²) in [4.78, 5) is 32.2. The highest BCUT2D eigenvalue weighted by Gasteiger charge is 2.48. The van der Waals surface area contributed by atoms with Gasteiger partial charge in [-0.1, -0.05) is 51.0 Å². The highest BCUT2D eigenvalue weighted by atomic mass is 79.9. The molecule has 1 saturated heterocycles. The van der Waals surface area contributed by atoms with E-state index in [0.717, 1.165) is 9.17 Å². The summed E-state index contributed by atoms with van der Waals surface area (Å²) in [5.74, 6) is -2.53. The van der Waals surface area contributed by atoms with Gasteiger partial charge >= 0.3 is 5.91 Å². The van der Waals surface area contributed by atoms with Crippen LogP contribution in [-0.2, 0) is 9.59 Å². The number of thiazole rings is 1. The molecule has 0 bridgehead atoms. The summed E-state index contributed by atoms with van der Waals surface area (Å²) >= 11 is 10.7. The first-order valence-electron chi connectivity index (χ1n) is 9.72. The molecule has 0 saturated carbocycles. The Bertz CT molecular complexity index is 1470. The normalized spacial score (nSPS) is 17.8. The van der Waals surface area contributed by atoms with Crippen LogP contribution in [0.2, 0.25) is 5.02 Å². The predicted octanol–water partition coefficient (Wildman–Crippen LogP) is 6.48. The highest BCUT2D eigenvalue weighted by Crippen LogP contribution is 2.44. The molecule has 1 aliphatic heterocycles. The van der Waals surface area contributed by atoms with Crippen LogP contribution in [0.25, 0.3) is 16.0 Å². The Kier molecular flexibility index (Phi) is 5.52. The maximum atomic E-state index is 13.4. The SMILES string of the molecule is O=C1C(=O)N(c2nc3ccc(Cl)cc3s2)C(c2cccc(Br)c2)C1=C(O)c1ccc(F)cc1. The van der Waals surface area contributed by atoms with Crippen LogP contribution in [0.3, 0.4) is 0 Å². The number of aliphatic hydroxyl groups is 1. The van der Waals surface area contributed by atoms with Gasteiger partial charge in [0.1, 0.15) is 11.6 Å². The number of halogens is 3. The van der Waals surface area contributed by atoms with E-state index in [-0.39, 0.29) is 16.9 Å². The zero-order chi connectivity index (χ0) is 23.3. The van der Waals surface area contributed by atoms with Gasteiger partial charge in [0.2, 0.25) is 0 Å². The maximum absolute atomic E-state index is 13.4. The van der Waals surface area contributed by atoms with E-state index in [1.54, 1.807) is 36.4 Å². The van der Waals surface area contributed by atoms with Crippen LogP contribution >= 0.6 is 38.9 Å². The van der Waals surface area contributed by atoms with Gasteiger partial charge in [-0.15, -0.1) is 0 Å². The lowest BCUT2D eigenvalue weighted by molar-refractivity contribution is -0.132. The van der Waals surface area contributed by atoms with Crippen LogP contribution in [0.15, 0.2) is 76.8 Å². The van der Waals surface area contributed by atoms with Crippen molar-refractivity contribution in [2.24, 2.45) is 0 Å². The molecule has 4 aromatic rings. The Labute approximate surface area is 204 Å². The first kappa shape index (κ1) is 21.8. The van der Waals surface area contributed by atoms with Gasteiger partial charge in [0.05, 0.1) is 21.8 Å². The molecule has 0 radical (unpaired) electrons. The van der Waals surface area contributed by atoms with Crippen LogP contribution in [-0.4, -0.2) is 21.8 Å². The molecule has 9 heteroatoms. The van der Waals surface area contributed by atoms with Crippen molar-refractivity contribution in [3.8, 4) is 0 Å². The number of aliphatic hydroxyl groups excluding tert-OH is 1. The van der Waals surface area contributed by atoms with Gasteiger partial charge in [-0.05, 0) is 60.2 Å². The molecule has 1 aromatic heterocycles. The Balaban J connectivity index is 1.74. The van der Waals surface area contributed by atoms with Crippen LogP contribution in [0.5, 0.6) is 0 Å². The van der Waals surface area contributed by atoms with E-state index in [2.05, 4.69) is 20.9 Å². The van der Waals surface area contributed by atoms with Gasteiger partial charge in [-0.2, -0.15) is 0 Å². The van der Waals surface area contributed by atoms with Crippen molar-refractivity contribution in [1.29, 1.82) is 0 Å². The summed E-state index contributed by atoms with van der Waals surface area (Å²) in [5, 5.41) is 11.9. The zero-order valence-electron chi connectivity index (χ0n) is 16.6. The molecule has 5 rings (SSSR count). The van der Waals surface area contributed by atoms with Crippen molar-refractivity contribution < 1.29 is 19.1 Å². The molecular formula is C24H13BrClFN2O3S. The number of nitrogens with zero attached hydrogens (tertiary/aromatic N) is 2. The van der Waals surface area contributed by atoms with Gasteiger partial charge in [0.15, 0.2) is 5.13 Å². The number of carbonyl (C=O) groups excluding carboxylic acids is 2. The lowest BCUT2D eigenvalue weighted by atomic mass is 9.95. The number of Topliss-reactive ketones (excluding diaryl/α,β-unsaturated/α-hetero) is 1. The minimum absolute atomic E-state index is 0.0954. The molecule has 1 atom stereocenters. The van der Waals surface area contributed by atoms with E-state index in [9.17, 15) is 19.1 Å². The fourth-order valence-electron chi connectivity index (χ4n) is 3.77. The minimum Gasteiger partial charge on any atom is -0.507 e. The molecule has 1 amide bonds. The molecule has 5 nitrogen and oxygen atoms in total. The van der Waals surface area contributed by atoms with Gasteiger partial charge in [0, 0.05) is 15.1 Å². The molecule has 1 N–H and O–H groups in total. The third kappa shape index (κ3) is 3.84. The molecule has 2 heterocycles. The monoisotopic (exact) mass is 542 g/mol. The summed E-state index contributed by atoms with van der Waals surface area (Å²) in [6.45, 7) is 0. The second-order valence-electron chi connectivity index (χ2n) is 7.34. The molecular weight excluding hydrogens is 531 g/mol. The fourth-order valence-corrected chi connectivity index (χ4v) is 5.46. The van der Waals surface area contributed by atoms with Crippen LogP contribution in [0.1, 0.15) is 17.2 Å². The predicted molar refractivity (Wildman–Crippen MR) is 130 cm³/mol. The highest BCUT2D eigenvalue weighted by molar-refractivity contribution is 9.10. The molecule has 0 aliphatic carbocycles. The lowest BCUT2D eigenvalue weighted by Gasteiger charge is -2.23. The molecule has 0 spiro atoms. The number of carbonyl (C=O) groups is 2. The van der Waals surface area contributed by atoms with Crippen molar-refractivity contribution in [2.45, 2.75) is 6.04 Å². The second-order valence-corrected chi connectivity index (χ2v) is 9.70. The number of rotatable bonds is 3. The third-order valence-electron chi connectivity index (χ3n) is 5.27. The average Bonchev–Trinajstić information content (AvgIpc) is 3.32. The van der Waals surface area contributed by atoms with Crippen LogP contribution in [0.4, 0.5) is 9.52 Å². The van der Waals surface area contributed by atoms with Gasteiger partial charge < -0.3 is 5.11 Å². The van der Waals surface area contributed by atoms with Gasteiger partial charge in [-0.3, -0.25) is 14.5 Å². The summed E-state index contributed by atoms with van der Waals surface area (Å²) in [6.07, 6.45) is 0. The first-order valence-corrected chi connectivity index (χ1v) is 11.7. The standard InChI is InChI=1S/C24H13BrClFN2O3S/c25-14-3-1-2-13(10-14)20-19(21(30)12-4-7-16(27)8-5-12)22(31)23(32)29(20)24-28-17-9-6-15(26)11-18(17)33-24/h1-11,20,30H. The summed E-state index contributed by atoms with van der Waals surface area (Å²) in [5.41, 5.74) is 1.37.